The van der Waals surface area contributed by atoms with Crippen LogP contribution in [0.3, 0.4) is 0 Å². The fourth-order valence-electron chi connectivity index (χ4n) is 2.93. The zero-order valence-electron chi connectivity index (χ0n) is 12.8. The molecule has 20 heavy (non-hydrogen) atoms. The van der Waals surface area contributed by atoms with Crippen LogP contribution in [0.15, 0.2) is 18.2 Å². The summed E-state index contributed by atoms with van der Waals surface area (Å²) in [4.78, 5) is 4.84. The molecule has 1 fully saturated rings. The van der Waals surface area contributed by atoms with Crippen LogP contribution in [0.5, 0.6) is 11.5 Å². The minimum absolute atomic E-state index is 0.271. The Morgan fingerprint density at radius 2 is 2.05 bits per heavy atom. The Kier molecular flexibility index (Phi) is 5.26. The van der Waals surface area contributed by atoms with Crippen molar-refractivity contribution in [1.82, 2.24) is 9.80 Å². The van der Waals surface area contributed by atoms with E-state index < -0.39 is 0 Å². The molecule has 1 heterocycles. The number of phenolic OH excluding ortho intramolecular Hbond substituents is 1. The Hall–Kier alpha value is -1.26. The lowest BCUT2D eigenvalue weighted by Gasteiger charge is -2.36. The molecule has 2 rings (SSSR count). The fraction of sp³-hybridized carbons (Fsp3) is 0.625. The van der Waals surface area contributed by atoms with Gasteiger partial charge in [-0.05, 0) is 45.6 Å². The number of aromatic hydroxyl groups is 1. The number of piperidine rings is 1. The summed E-state index contributed by atoms with van der Waals surface area (Å²) in [6.45, 7) is 6.48. The van der Waals surface area contributed by atoms with Crippen LogP contribution < -0.4 is 4.74 Å². The quantitative estimate of drug-likeness (QED) is 0.896. The van der Waals surface area contributed by atoms with E-state index in [-0.39, 0.29) is 5.75 Å². The lowest BCUT2D eigenvalue weighted by atomic mass is 10.0. The van der Waals surface area contributed by atoms with Gasteiger partial charge in [-0.2, -0.15) is 0 Å². The highest BCUT2D eigenvalue weighted by Gasteiger charge is 2.22. The minimum atomic E-state index is 0.271. The maximum atomic E-state index is 10.2. The third-order valence-electron chi connectivity index (χ3n) is 4.35. The molecule has 1 aromatic carbocycles. The average Bonchev–Trinajstić information content (AvgIpc) is 2.49. The van der Waals surface area contributed by atoms with Crippen molar-refractivity contribution in [2.45, 2.75) is 32.4 Å². The van der Waals surface area contributed by atoms with Crippen molar-refractivity contribution in [2.75, 3.05) is 33.8 Å². The second-order valence-corrected chi connectivity index (χ2v) is 5.55. The van der Waals surface area contributed by atoms with Crippen LogP contribution in [-0.4, -0.2) is 54.7 Å². The molecule has 112 valence electrons. The molecule has 0 aromatic heterocycles. The molecule has 0 radical (unpaired) electrons. The zero-order valence-corrected chi connectivity index (χ0v) is 12.8. The Morgan fingerprint density at radius 1 is 1.35 bits per heavy atom. The SMILES string of the molecule is CCN1CCC(N(C)Cc2cccc(OC)c2O)CC1. The van der Waals surface area contributed by atoms with Gasteiger partial charge in [-0.15, -0.1) is 0 Å². The summed E-state index contributed by atoms with van der Waals surface area (Å²) in [5, 5.41) is 10.2. The number of hydrogen-bond donors (Lipinski definition) is 1. The third kappa shape index (κ3) is 3.44. The van der Waals surface area contributed by atoms with Gasteiger partial charge < -0.3 is 14.7 Å². The molecule has 0 bridgehead atoms. The topological polar surface area (TPSA) is 35.9 Å². The number of ether oxygens (including phenoxy) is 1. The fourth-order valence-corrected chi connectivity index (χ4v) is 2.93. The largest absolute Gasteiger partial charge is 0.504 e. The van der Waals surface area contributed by atoms with E-state index in [1.54, 1.807) is 13.2 Å². The first-order valence-electron chi connectivity index (χ1n) is 7.43. The van der Waals surface area contributed by atoms with E-state index in [4.69, 9.17) is 4.74 Å². The first-order valence-corrected chi connectivity index (χ1v) is 7.43. The molecule has 0 spiro atoms. The van der Waals surface area contributed by atoms with Crippen LogP contribution in [0.1, 0.15) is 25.3 Å². The number of nitrogens with zero attached hydrogens (tertiary/aromatic N) is 2. The van der Waals surface area contributed by atoms with E-state index in [1.165, 1.54) is 25.9 Å². The number of hydrogen-bond acceptors (Lipinski definition) is 4. The standard InChI is InChI=1S/C16H26N2O2/c1-4-18-10-8-14(9-11-18)17(2)12-13-6-5-7-15(20-3)16(13)19/h5-7,14,19H,4,8-12H2,1-3H3. The number of para-hydroxylation sites is 1. The number of likely N-dealkylation sites (tertiary alicyclic amines) is 1. The van der Waals surface area contributed by atoms with E-state index >= 15 is 0 Å². The number of phenols is 1. The smallest absolute Gasteiger partial charge is 0.162 e. The first-order chi connectivity index (χ1) is 9.65. The minimum Gasteiger partial charge on any atom is -0.504 e. The molecule has 1 aliphatic rings. The monoisotopic (exact) mass is 278 g/mol. The second kappa shape index (κ2) is 6.95. The van der Waals surface area contributed by atoms with E-state index in [0.29, 0.717) is 11.8 Å². The van der Waals surface area contributed by atoms with Gasteiger partial charge in [-0.1, -0.05) is 19.1 Å². The summed E-state index contributed by atoms with van der Waals surface area (Å²) >= 11 is 0. The predicted molar refractivity (Wildman–Crippen MR) is 81.3 cm³/mol. The summed E-state index contributed by atoms with van der Waals surface area (Å²) in [6, 6.07) is 6.29. The molecule has 4 nitrogen and oxygen atoms in total. The van der Waals surface area contributed by atoms with Gasteiger partial charge in [-0.25, -0.2) is 0 Å². The summed E-state index contributed by atoms with van der Waals surface area (Å²) < 4.78 is 5.17. The summed E-state index contributed by atoms with van der Waals surface area (Å²) in [5.74, 6) is 0.824. The van der Waals surface area contributed by atoms with Crippen molar-refractivity contribution in [3.8, 4) is 11.5 Å². The van der Waals surface area contributed by atoms with Gasteiger partial charge in [0.2, 0.25) is 0 Å². The molecule has 0 unspecified atom stereocenters. The molecule has 4 heteroatoms. The van der Waals surface area contributed by atoms with E-state index in [0.717, 1.165) is 18.7 Å². The Bertz CT molecular complexity index is 428. The number of benzene rings is 1. The highest BCUT2D eigenvalue weighted by Crippen LogP contribution is 2.30. The summed E-state index contributed by atoms with van der Waals surface area (Å²) in [7, 11) is 3.73. The summed E-state index contributed by atoms with van der Waals surface area (Å²) in [5.41, 5.74) is 0.935. The van der Waals surface area contributed by atoms with Gasteiger partial charge in [0.15, 0.2) is 11.5 Å². The average molecular weight is 278 g/mol. The zero-order chi connectivity index (χ0) is 14.5. The maximum Gasteiger partial charge on any atom is 0.162 e. The van der Waals surface area contributed by atoms with Crippen molar-refractivity contribution >= 4 is 0 Å². The highest BCUT2D eigenvalue weighted by molar-refractivity contribution is 5.45. The van der Waals surface area contributed by atoms with Crippen LogP contribution >= 0.6 is 0 Å². The van der Waals surface area contributed by atoms with Crippen LogP contribution in [-0.2, 0) is 6.54 Å². The highest BCUT2D eigenvalue weighted by atomic mass is 16.5. The maximum absolute atomic E-state index is 10.2. The van der Waals surface area contributed by atoms with Gasteiger partial charge in [0.1, 0.15) is 0 Å². The van der Waals surface area contributed by atoms with Crippen LogP contribution in [0, 0.1) is 0 Å². The molecule has 1 N–H and O–H groups in total. The lowest BCUT2D eigenvalue weighted by Crippen LogP contribution is -2.42. The van der Waals surface area contributed by atoms with Crippen LogP contribution in [0.4, 0.5) is 0 Å². The van der Waals surface area contributed by atoms with Gasteiger partial charge in [0.05, 0.1) is 7.11 Å². The molecule has 1 aliphatic heterocycles. The van der Waals surface area contributed by atoms with Crippen LogP contribution in [0.25, 0.3) is 0 Å². The Labute approximate surface area is 122 Å². The Morgan fingerprint density at radius 3 is 2.65 bits per heavy atom. The van der Waals surface area contributed by atoms with E-state index in [1.807, 2.05) is 12.1 Å². The van der Waals surface area contributed by atoms with Crippen molar-refractivity contribution in [2.24, 2.45) is 0 Å². The van der Waals surface area contributed by atoms with Gasteiger partial charge in [0, 0.05) is 18.2 Å². The second-order valence-electron chi connectivity index (χ2n) is 5.55. The number of rotatable bonds is 5. The van der Waals surface area contributed by atoms with Crippen molar-refractivity contribution < 1.29 is 9.84 Å². The predicted octanol–water partition coefficient (Wildman–Crippen LogP) is 2.32. The molecule has 1 saturated heterocycles. The number of methoxy groups -OCH3 is 1. The molecule has 1 aromatic rings. The van der Waals surface area contributed by atoms with Gasteiger partial charge in [-0.3, -0.25) is 4.90 Å². The molecular weight excluding hydrogens is 252 g/mol. The molecule has 0 saturated carbocycles. The summed E-state index contributed by atoms with van der Waals surface area (Å²) in [6.07, 6.45) is 2.41. The lowest BCUT2D eigenvalue weighted by molar-refractivity contribution is 0.126. The van der Waals surface area contributed by atoms with Crippen LogP contribution in [0.2, 0.25) is 0 Å². The molecule has 0 amide bonds. The van der Waals surface area contributed by atoms with Crippen molar-refractivity contribution in [3.05, 3.63) is 23.8 Å². The van der Waals surface area contributed by atoms with Crippen molar-refractivity contribution in [1.29, 1.82) is 0 Å². The van der Waals surface area contributed by atoms with E-state index in [9.17, 15) is 5.11 Å². The van der Waals surface area contributed by atoms with Gasteiger partial charge in [0.25, 0.3) is 0 Å². The molecule has 0 aliphatic carbocycles. The van der Waals surface area contributed by atoms with Crippen molar-refractivity contribution in [3.63, 3.8) is 0 Å². The van der Waals surface area contributed by atoms with E-state index in [2.05, 4.69) is 23.8 Å². The normalized spacial score (nSPS) is 17.6. The Balaban J connectivity index is 1.96. The molecular formula is C16H26N2O2. The van der Waals surface area contributed by atoms with Gasteiger partial charge >= 0.3 is 0 Å². The third-order valence-corrected chi connectivity index (χ3v) is 4.35. The first kappa shape index (κ1) is 15.1. The molecule has 0 atom stereocenters.